The van der Waals surface area contributed by atoms with Gasteiger partial charge in [-0.1, -0.05) is 31.4 Å². The molecule has 7 heteroatoms. The van der Waals surface area contributed by atoms with Gasteiger partial charge in [0.15, 0.2) is 0 Å². The largest absolute Gasteiger partial charge is 0.346 e. The van der Waals surface area contributed by atoms with Gasteiger partial charge in [0, 0.05) is 24.8 Å². The van der Waals surface area contributed by atoms with E-state index in [-0.39, 0.29) is 16.8 Å². The number of nitrogens with one attached hydrogen (secondary N) is 1. The summed E-state index contributed by atoms with van der Waals surface area (Å²) in [6, 6.07) is 11.7. The van der Waals surface area contributed by atoms with Crippen LogP contribution in [0, 0.1) is 0 Å². The van der Waals surface area contributed by atoms with Crippen molar-refractivity contribution < 1.29 is 13.2 Å². The summed E-state index contributed by atoms with van der Waals surface area (Å²) in [5.74, 6) is -0.321. The molecule has 27 heavy (non-hydrogen) atoms. The maximum atomic E-state index is 13.0. The molecule has 1 aromatic heterocycles. The van der Waals surface area contributed by atoms with Gasteiger partial charge in [0.05, 0.1) is 17.1 Å². The lowest BCUT2D eigenvalue weighted by Crippen LogP contribution is -2.38. The van der Waals surface area contributed by atoms with Crippen LogP contribution in [0.15, 0.2) is 53.6 Å². The third-order valence-corrected chi connectivity index (χ3v) is 6.92. The van der Waals surface area contributed by atoms with E-state index in [0.29, 0.717) is 12.1 Å². The Morgan fingerprint density at radius 1 is 1.15 bits per heavy atom. The molecular weight excluding hydrogens is 362 g/mol. The highest BCUT2D eigenvalue weighted by atomic mass is 32.2. The van der Waals surface area contributed by atoms with E-state index in [0.717, 1.165) is 37.8 Å². The minimum atomic E-state index is -3.62. The van der Waals surface area contributed by atoms with Gasteiger partial charge in [-0.15, -0.1) is 0 Å². The van der Waals surface area contributed by atoms with Crippen LogP contribution in [0.5, 0.6) is 0 Å². The van der Waals surface area contributed by atoms with E-state index in [1.165, 1.54) is 10.4 Å². The number of nitrogens with zero attached hydrogens (tertiary/aromatic N) is 2. The Morgan fingerprint density at radius 2 is 1.93 bits per heavy atom. The van der Waals surface area contributed by atoms with Gasteiger partial charge >= 0.3 is 0 Å². The van der Waals surface area contributed by atoms with E-state index in [4.69, 9.17) is 0 Å². The van der Waals surface area contributed by atoms with Crippen molar-refractivity contribution in [2.45, 2.75) is 49.6 Å². The number of benzene rings is 1. The summed E-state index contributed by atoms with van der Waals surface area (Å²) in [5, 5.41) is 2.78. The molecule has 1 aliphatic rings. The molecule has 1 saturated carbocycles. The molecule has 6 nitrogen and oxygen atoms in total. The van der Waals surface area contributed by atoms with Crippen molar-refractivity contribution in [1.29, 1.82) is 0 Å². The Hall–Kier alpha value is -2.25. The second kappa shape index (κ2) is 8.63. The Labute approximate surface area is 160 Å². The molecule has 0 atom stereocenters. The number of carbonyl (C=O) groups excluding carboxylic acids is 1. The number of hydrogen-bond acceptors (Lipinski definition) is 4. The standard InChI is InChI=1S/C20H25N3O3S/c1-23(18-10-3-2-4-11-18)27(25,26)19-12-7-8-16(14-19)20(24)22-15-17-9-5-6-13-21-17/h5-9,12-14,18H,2-4,10-11,15H2,1H3,(H,22,24). The zero-order chi connectivity index (χ0) is 19.3. The van der Waals surface area contributed by atoms with Crippen LogP contribution in [-0.4, -0.2) is 36.7 Å². The first-order valence-corrected chi connectivity index (χ1v) is 10.7. The first-order valence-electron chi connectivity index (χ1n) is 9.25. The van der Waals surface area contributed by atoms with E-state index in [2.05, 4.69) is 10.3 Å². The minimum Gasteiger partial charge on any atom is -0.346 e. The van der Waals surface area contributed by atoms with Gasteiger partial charge in [0.2, 0.25) is 10.0 Å². The SMILES string of the molecule is CN(C1CCCCC1)S(=O)(=O)c1cccc(C(=O)NCc2ccccn2)c1. The maximum absolute atomic E-state index is 13.0. The summed E-state index contributed by atoms with van der Waals surface area (Å²) >= 11 is 0. The summed E-state index contributed by atoms with van der Waals surface area (Å²) in [7, 11) is -1.98. The Kier molecular flexibility index (Phi) is 6.23. The molecule has 1 heterocycles. The third kappa shape index (κ3) is 4.73. The molecule has 144 valence electrons. The fourth-order valence-corrected chi connectivity index (χ4v) is 4.84. The van der Waals surface area contributed by atoms with Crippen molar-refractivity contribution in [2.24, 2.45) is 0 Å². The van der Waals surface area contributed by atoms with Crippen LogP contribution < -0.4 is 5.32 Å². The molecule has 0 bridgehead atoms. The van der Waals surface area contributed by atoms with Crippen LogP contribution in [0.3, 0.4) is 0 Å². The summed E-state index contributed by atoms with van der Waals surface area (Å²) in [5.41, 5.74) is 1.07. The molecule has 0 saturated heterocycles. The lowest BCUT2D eigenvalue weighted by atomic mass is 9.96. The van der Waals surface area contributed by atoms with Crippen LogP contribution in [0.4, 0.5) is 0 Å². The second-order valence-electron chi connectivity index (χ2n) is 6.84. The molecule has 0 unspecified atom stereocenters. The monoisotopic (exact) mass is 387 g/mol. The zero-order valence-electron chi connectivity index (χ0n) is 15.5. The van der Waals surface area contributed by atoms with E-state index < -0.39 is 10.0 Å². The van der Waals surface area contributed by atoms with E-state index in [1.807, 2.05) is 18.2 Å². The molecule has 1 amide bonds. The average molecular weight is 388 g/mol. The van der Waals surface area contributed by atoms with Crippen molar-refractivity contribution >= 4 is 15.9 Å². The Balaban J connectivity index is 1.72. The number of hydrogen-bond donors (Lipinski definition) is 1. The van der Waals surface area contributed by atoms with Crippen LogP contribution in [0.2, 0.25) is 0 Å². The van der Waals surface area contributed by atoms with Crippen molar-refractivity contribution in [3.05, 3.63) is 59.9 Å². The Bertz CT molecular complexity index is 878. The van der Waals surface area contributed by atoms with Crippen molar-refractivity contribution in [3.8, 4) is 0 Å². The van der Waals surface area contributed by atoms with Crippen LogP contribution in [-0.2, 0) is 16.6 Å². The second-order valence-corrected chi connectivity index (χ2v) is 8.84. The number of carbonyl (C=O) groups is 1. The molecule has 1 aliphatic carbocycles. The number of aromatic nitrogens is 1. The van der Waals surface area contributed by atoms with Gasteiger partial charge < -0.3 is 5.32 Å². The first-order chi connectivity index (χ1) is 13.0. The predicted molar refractivity (Wildman–Crippen MR) is 104 cm³/mol. The van der Waals surface area contributed by atoms with E-state index in [9.17, 15) is 13.2 Å². The van der Waals surface area contributed by atoms with Crippen molar-refractivity contribution in [2.75, 3.05) is 7.05 Å². The first kappa shape index (κ1) is 19.5. The number of sulfonamides is 1. The summed E-state index contributed by atoms with van der Waals surface area (Å²) < 4.78 is 27.4. The summed E-state index contributed by atoms with van der Waals surface area (Å²) in [6.45, 7) is 0.290. The van der Waals surface area contributed by atoms with Gasteiger partial charge in [0.25, 0.3) is 5.91 Å². The van der Waals surface area contributed by atoms with E-state index in [1.54, 1.807) is 31.4 Å². The quantitative estimate of drug-likeness (QED) is 0.826. The number of amides is 1. The van der Waals surface area contributed by atoms with E-state index >= 15 is 0 Å². The lowest BCUT2D eigenvalue weighted by molar-refractivity contribution is 0.0950. The summed E-state index contributed by atoms with van der Waals surface area (Å²) in [4.78, 5) is 16.7. The fraction of sp³-hybridized carbons (Fsp3) is 0.400. The normalized spacial score (nSPS) is 15.6. The highest BCUT2D eigenvalue weighted by molar-refractivity contribution is 7.89. The Morgan fingerprint density at radius 3 is 2.63 bits per heavy atom. The molecule has 0 radical (unpaired) electrons. The molecular formula is C20H25N3O3S. The number of pyridine rings is 1. The predicted octanol–water partition coefficient (Wildman–Crippen LogP) is 2.96. The molecule has 3 rings (SSSR count). The van der Waals surface area contributed by atoms with Gasteiger partial charge in [0.1, 0.15) is 0 Å². The molecule has 1 aromatic carbocycles. The minimum absolute atomic E-state index is 0.0328. The zero-order valence-corrected chi connectivity index (χ0v) is 16.3. The molecule has 1 fully saturated rings. The van der Waals surface area contributed by atoms with Gasteiger partial charge in [-0.2, -0.15) is 4.31 Å². The highest BCUT2D eigenvalue weighted by Gasteiger charge is 2.29. The van der Waals surface area contributed by atoms with Crippen molar-refractivity contribution in [3.63, 3.8) is 0 Å². The third-order valence-electron chi connectivity index (χ3n) is 5.02. The lowest BCUT2D eigenvalue weighted by Gasteiger charge is -2.30. The molecule has 0 spiro atoms. The maximum Gasteiger partial charge on any atom is 0.251 e. The fourth-order valence-electron chi connectivity index (χ4n) is 3.38. The van der Waals surface area contributed by atoms with Gasteiger partial charge in [-0.05, 0) is 43.2 Å². The van der Waals surface area contributed by atoms with Crippen molar-refractivity contribution in [1.82, 2.24) is 14.6 Å². The van der Waals surface area contributed by atoms with Crippen LogP contribution in [0.1, 0.15) is 48.2 Å². The van der Waals surface area contributed by atoms with Crippen LogP contribution in [0.25, 0.3) is 0 Å². The van der Waals surface area contributed by atoms with Gasteiger partial charge in [-0.25, -0.2) is 8.42 Å². The summed E-state index contributed by atoms with van der Waals surface area (Å²) in [6.07, 6.45) is 6.72. The molecule has 0 aliphatic heterocycles. The van der Waals surface area contributed by atoms with Crippen LogP contribution >= 0.6 is 0 Å². The highest BCUT2D eigenvalue weighted by Crippen LogP contribution is 2.26. The topological polar surface area (TPSA) is 79.4 Å². The molecule has 2 aromatic rings. The molecule has 1 N–H and O–H groups in total. The smallest absolute Gasteiger partial charge is 0.251 e. The number of rotatable bonds is 6. The average Bonchev–Trinajstić information content (AvgIpc) is 2.73. The van der Waals surface area contributed by atoms with Gasteiger partial charge in [-0.3, -0.25) is 9.78 Å².